The molecule has 0 heterocycles. The maximum atomic E-state index is 13.3. The predicted molar refractivity (Wildman–Crippen MR) is 135 cm³/mol. The van der Waals surface area contributed by atoms with Crippen molar-refractivity contribution in [3.8, 4) is 0 Å². The van der Waals surface area contributed by atoms with E-state index in [0.717, 1.165) is 11.8 Å². The van der Waals surface area contributed by atoms with E-state index in [1.165, 1.54) is 12.1 Å². The predicted octanol–water partition coefficient (Wildman–Crippen LogP) is 6.07. The van der Waals surface area contributed by atoms with Crippen LogP contribution in [0.25, 0.3) is 12.2 Å². The van der Waals surface area contributed by atoms with Gasteiger partial charge in [0.25, 0.3) is 0 Å². The number of halogens is 1. The molecule has 34 heavy (non-hydrogen) atoms. The molecule has 0 saturated carbocycles. The summed E-state index contributed by atoms with van der Waals surface area (Å²) in [5.74, 6) is -0.855. The molecule has 178 valence electrons. The summed E-state index contributed by atoms with van der Waals surface area (Å²) in [5, 5.41) is 3.15. The highest BCUT2D eigenvalue weighted by molar-refractivity contribution is 7.92. The molecule has 3 aromatic rings. The van der Waals surface area contributed by atoms with E-state index in [1.807, 2.05) is 0 Å². The molecule has 0 fully saturated rings. The fourth-order valence-electron chi connectivity index (χ4n) is 3.09. The SMILES string of the molecule is CC(C)(C)OC(=O)c1ccc(/C=C/c2ccccc2NS(C)(=O)=O)cc1Nc1ccc(F)cc1. The molecule has 2 N–H and O–H groups in total. The van der Waals surface area contributed by atoms with Crippen molar-refractivity contribution in [2.75, 3.05) is 16.3 Å². The first kappa shape index (κ1) is 25.0. The number of carbonyl (C=O) groups is 1. The lowest BCUT2D eigenvalue weighted by atomic mass is 10.1. The largest absolute Gasteiger partial charge is 0.456 e. The summed E-state index contributed by atoms with van der Waals surface area (Å²) >= 11 is 0. The maximum Gasteiger partial charge on any atom is 0.340 e. The van der Waals surface area contributed by atoms with Crippen molar-refractivity contribution in [2.45, 2.75) is 26.4 Å². The van der Waals surface area contributed by atoms with Gasteiger partial charge in [-0.3, -0.25) is 4.72 Å². The van der Waals surface area contributed by atoms with E-state index in [0.29, 0.717) is 28.2 Å². The zero-order valence-electron chi connectivity index (χ0n) is 19.4. The van der Waals surface area contributed by atoms with Crippen LogP contribution in [0.5, 0.6) is 0 Å². The molecule has 0 amide bonds. The Morgan fingerprint density at radius 2 is 1.62 bits per heavy atom. The number of esters is 1. The zero-order valence-corrected chi connectivity index (χ0v) is 20.2. The molecule has 8 heteroatoms. The van der Waals surface area contributed by atoms with Crippen LogP contribution in [0.4, 0.5) is 21.5 Å². The minimum absolute atomic E-state index is 0.329. The van der Waals surface area contributed by atoms with Crippen molar-refractivity contribution in [3.05, 3.63) is 89.2 Å². The fraction of sp³-hybridized carbons (Fsp3) is 0.192. The quantitative estimate of drug-likeness (QED) is 0.316. The molecule has 0 atom stereocenters. The number of carbonyl (C=O) groups excluding carboxylic acids is 1. The Morgan fingerprint density at radius 3 is 2.26 bits per heavy atom. The summed E-state index contributed by atoms with van der Waals surface area (Å²) in [6.45, 7) is 5.37. The first-order chi connectivity index (χ1) is 15.9. The van der Waals surface area contributed by atoms with Crippen molar-refractivity contribution in [1.29, 1.82) is 0 Å². The molecule has 0 aliphatic carbocycles. The topological polar surface area (TPSA) is 84.5 Å². The number of benzene rings is 3. The molecule has 0 aliphatic heterocycles. The van der Waals surface area contributed by atoms with E-state index in [-0.39, 0.29) is 5.82 Å². The Hall–Kier alpha value is -3.65. The van der Waals surface area contributed by atoms with Gasteiger partial charge in [-0.15, -0.1) is 0 Å². The van der Waals surface area contributed by atoms with Gasteiger partial charge in [-0.1, -0.05) is 36.4 Å². The standard InChI is InChI=1S/C26H27FN2O4S/c1-26(2,3)33-25(30)22-16-10-18(17-24(22)28-21-14-12-20(27)13-15-21)9-11-19-7-5-6-8-23(19)29-34(4,31)32/h5-17,28-29H,1-4H3/b11-9+. The average molecular weight is 483 g/mol. The highest BCUT2D eigenvalue weighted by Crippen LogP contribution is 2.27. The van der Waals surface area contributed by atoms with Gasteiger partial charge in [-0.25, -0.2) is 17.6 Å². The molecule has 0 aromatic heterocycles. The second-order valence-corrected chi connectivity index (χ2v) is 10.5. The maximum absolute atomic E-state index is 13.3. The number of hydrogen-bond donors (Lipinski definition) is 2. The van der Waals surface area contributed by atoms with Crippen LogP contribution in [0.1, 0.15) is 42.3 Å². The summed E-state index contributed by atoms with van der Waals surface area (Å²) in [4.78, 5) is 12.8. The first-order valence-electron chi connectivity index (χ1n) is 10.5. The van der Waals surface area contributed by atoms with Gasteiger partial charge < -0.3 is 10.1 Å². The van der Waals surface area contributed by atoms with Crippen molar-refractivity contribution in [1.82, 2.24) is 0 Å². The number of ether oxygens (including phenoxy) is 1. The van der Waals surface area contributed by atoms with Crippen molar-refractivity contribution >= 4 is 45.2 Å². The molecular weight excluding hydrogens is 455 g/mol. The number of hydrogen-bond acceptors (Lipinski definition) is 5. The van der Waals surface area contributed by atoms with Gasteiger partial charge in [0, 0.05) is 5.69 Å². The third-order valence-corrected chi connectivity index (χ3v) is 5.09. The molecule has 0 saturated heterocycles. The lowest BCUT2D eigenvalue weighted by Crippen LogP contribution is -2.24. The van der Waals surface area contributed by atoms with Gasteiger partial charge in [0.15, 0.2) is 0 Å². The van der Waals surface area contributed by atoms with Gasteiger partial charge in [0.2, 0.25) is 10.0 Å². The average Bonchev–Trinajstić information content (AvgIpc) is 2.72. The Kier molecular flexibility index (Phi) is 7.41. The van der Waals surface area contributed by atoms with E-state index in [1.54, 1.807) is 87.5 Å². The number of rotatable bonds is 7. The molecule has 0 radical (unpaired) electrons. The Morgan fingerprint density at radius 1 is 0.941 bits per heavy atom. The summed E-state index contributed by atoms with van der Waals surface area (Å²) < 4.78 is 44.7. The van der Waals surface area contributed by atoms with Crippen molar-refractivity contribution in [2.24, 2.45) is 0 Å². The summed E-state index contributed by atoms with van der Waals surface area (Å²) in [5.41, 5.74) is 2.65. The van der Waals surface area contributed by atoms with Crippen LogP contribution in [-0.4, -0.2) is 26.2 Å². The minimum Gasteiger partial charge on any atom is -0.456 e. The third-order valence-electron chi connectivity index (χ3n) is 4.50. The van der Waals surface area contributed by atoms with Gasteiger partial charge >= 0.3 is 5.97 Å². The molecule has 0 bridgehead atoms. The number of nitrogens with one attached hydrogen (secondary N) is 2. The van der Waals surface area contributed by atoms with E-state index >= 15 is 0 Å². The summed E-state index contributed by atoms with van der Waals surface area (Å²) in [7, 11) is -3.43. The fourth-order valence-corrected chi connectivity index (χ4v) is 3.68. The minimum atomic E-state index is -3.43. The summed E-state index contributed by atoms with van der Waals surface area (Å²) in [6.07, 6.45) is 4.67. The zero-order chi connectivity index (χ0) is 24.9. The number of para-hydroxylation sites is 1. The third kappa shape index (κ3) is 7.45. The van der Waals surface area contributed by atoms with Gasteiger partial charge in [-0.05, 0) is 74.4 Å². The highest BCUT2D eigenvalue weighted by Gasteiger charge is 2.20. The van der Waals surface area contributed by atoms with Crippen LogP contribution in [-0.2, 0) is 14.8 Å². The first-order valence-corrected chi connectivity index (χ1v) is 12.4. The van der Waals surface area contributed by atoms with Crippen molar-refractivity contribution in [3.63, 3.8) is 0 Å². The van der Waals surface area contributed by atoms with Crippen molar-refractivity contribution < 1.29 is 22.3 Å². The van der Waals surface area contributed by atoms with Crippen LogP contribution >= 0.6 is 0 Å². The molecule has 0 aliphatic rings. The normalized spacial score (nSPS) is 11.9. The molecule has 3 rings (SSSR count). The number of anilines is 3. The van der Waals surface area contributed by atoms with E-state index in [2.05, 4.69) is 10.0 Å². The molecule has 6 nitrogen and oxygen atoms in total. The Balaban J connectivity index is 1.96. The van der Waals surface area contributed by atoms with Crippen LogP contribution in [0.15, 0.2) is 66.7 Å². The van der Waals surface area contributed by atoms with Crippen LogP contribution in [0.2, 0.25) is 0 Å². The van der Waals surface area contributed by atoms with Gasteiger partial charge in [0.1, 0.15) is 11.4 Å². The second kappa shape index (κ2) is 10.1. The molecular formula is C26H27FN2O4S. The lowest BCUT2D eigenvalue weighted by Gasteiger charge is -2.21. The summed E-state index contributed by atoms with van der Waals surface area (Å²) in [6, 6.07) is 18.0. The van der Waals surface area contributed by atoms with Gasteiger partial charge in [-0.2, -0.15) is 0 Å². The van der Waals surface area contributed by atoms with Crippen LogP contribution < -0.4 is 10.0 Å². The number of sulfonamides is 1. The van der Waals surface area contributed by atoms with E-state index < -0.39 is 21.6 Å². The smallest absolute Gasteiger partial charge is 0.340 e. The monoisotopic (exact) mass is 482 g/mol. The Labute approximate surface area is 199 Å². The van der Waals surface area contributed by atoms with E-state index in [9.17, 15) is 17.6 Å². The second-order valence-electron chi connectivity index (χ2n) is 8.73. The van der Waals surface area contributed by atoms with Gasteiger partial charge in [0.05, 0.1) is 23.2 Å². The van der Waals surface area contributed by atoms with Crippen LogP contribution in [0.3, 0.4) is 0 Å². The van der Waals surface area contributed by atoms with E-state index in [4.69, 9.17) is 4.74 Å². The molecule has 0 unspecified atom stereocenters. The molecule has 3 aromatic carbocycles. The Bertz CT molecular complexity index is 1310. The highest BCUT2D eigenvalue weighted by atomic mass is 32.2. The lowest BCUT2D eigenvalue weighted by molar-refractivity contribution is 0.00707. The van der Waals surface area contributed by atoms with Crippen LogP contribution in [0, 0.1) is 5.82 Å². The molecule has 0 spiro atoms.